The molecule has 1 amide bonds. The minimum Gasteiger partial charge on any atom is -0.368 e. The predicted octanol–water partition coefficient (Wildman–Crippen LogP) is -1.09. The maximum atomic E-state index is 10.6. The average Bonchev–Trinajstić information content (AvgIpc) is 2.44. The highest BCUT2D eigenvalue weighted by Crippen LogP contribution is 2.11. The van der Waals surface area contributed by atoms with Gasteiger partial charge >= 0.3 is 0 Å². The molecule has 0 saturated carbocycles. The zero-order chi connectivity index (χ0) is 9.26. The third-order valence-electron chi connectivity index (χ3n) is 1.64. The third kappa shape index (κ3) is 1.52. The van der Waals surface area contributed by atoms with Crippen LogP contribution in [0.15, 0.2) is 29.3 Å². The standard InChI is InChI=1S/C7H9N5O/c8-7(13)5-11-4-6-3-9-1-2-12(6)10-11/h1-4,10H,5H2,(H2,8,13). The molecule has 2 heterocycles. The Kier molecular flexibility index (Phi) is 1.75. The monoisotopic (exact) mass is 179 g/mol. The number of carbonyl (C=O) groups excluding carboxylic acids is 1. The Morgan fingerprint density at radius 2 is 2.54 bits per heavy atom. The van der Waals surface area contributed by atoms with Gasteiger partial charge in [-0.25, -0.2) is 0 Å². The van der Waals surface area contributed by atoms with E-state index in [9.17, 15) is 4.79 Å². The van der Waals surface area contributed by atoms with Gasteiger partial charge in [-0.1, -0.05) is 0 Å². The van der Waals surface area contributed by atoms with Gasteiger partial charge in [0.05, 0.1) is 11.9 Å². The molecule has 0 fully saturated rings. The molecule has 13 heavy (non-hydrogen) atoms. The molecular weight excluding hydrogens is 170 g/mol. The lowest BCUT2D eigenvalue weighted by molar-refractivity contribution is -0.119. The molecule has 0 bridgehead atoms. The number of hydrogen-bond acceptors (Lipinski definition) is 5. The summed E-state index contributed by atoms with van der Waals surface area (Å²) in [7, 11) is 0. The Labute approximate surface area is 74.9 Å². The van der Waals surface area contributed by atoms with Crippen LogP contribution in [0.1, 0.15) is 0 Å². The first-order chi connectivity index (χ1) is 6.25. The Bertz CT molecular complexity index is 319. The largest absolute Gasteiger partial charge is 0.368 e. The van der Waals surface area contributed by atoms with Crippen molar-refractivity contribution in [3.8, 4) is 0 Å². The second-order valence-electron chi connectivity index (χ2n) is 2.69. The van der Waals surface area contributed by atoms with Crippen molar-refractivity contribution in [3.05, 3.63) is 24.3 Å². The first-order valence-electron chi connectivity index (χ1n) is 3.78. The molecule has 0 radical (unpaired) electrons. The SMILES string of the molecule is NC(=O)CN1C=C2C=NC=CN2N1. The van der Waals surface area contributed by atoms with Crippen molar-refractivity contribution in [2.75, 3.05) is 6.54 Å². The van der Waals surface area contributed by atoms with Gasteiger partial charge in [0.2, 0.25) is 5.91 Å². The van der Waals surface area contributed by atoms with Crippen molar-refractivity contribution in [2.45, 2.75) is 0 Å². The molecule has 6 heteroatoms. The number of hydrazine groups is 2. The number of allylic oxidation sites excluding steroid dienone is 1. The molecule has 3 N–H and O–H groups in total. The van der Waals surface area contributed by atoms with Crippen LogP contribution in [0.2, 0.25) is 0 Å². The van der Waals surface area contributed by atoms with Crippen molar-refractivity contribution in [2.24, 2.45) is 10.7 Å². The molecule has 0 spiro atoms. The molecule has 2 rings (SSSR count). The maximum Gasteiger partial charge on any atom is 0.238 e. The fourth-order valence-electron chi connectivity index (χ4n) is 1.14. The van der Waals surface area contributed by atoms with Crippen LogP contribution in [-0.2, 0) is 4.79 Å². The van der Waals surface area contributed by atoms with Crippen molar-refractivity contribution in [3.63, 3.8) is 0 Å². The summed E-state index contributed by atoms with van der Waals surface area (Å²) in [5.74, 6) is -0.384. The van der Waals surface area contributed by atoms with Crippen LogP contribution in [0, 0.1) is 0 Å². The summed E-state index contributed by atoms with van der Waals surface area (Å²) < 4.78 is 0. The maximum absolute atomic E-state index is 10.6. The number of primary amides is 1. The van der Waals surface area contributed by atoms with E-state index in [1.54, 1.807) is 34.8 Å². The number of nitrogens with zero attached hydrogens (tertiary/aromatic N) is 3. The van der Waals surface area contributed by atoms with Crippen LogP contribution >= 0.6 is 0 Å². The summed E-state index contributed by atoms with van der Waals surface area (Å²) in [6.45, 7) is 0.141. The number of carbonyl (C=O) groups is 1. The highest BCUT2D eigenvalue weighted by Gasteiger charge is 2.19. The van der Waals surface area contributed by atoms with Crippen molar-refractivity contribution >= 4 is 12.1 Å². The number of aliphatic imine (C=N–C) groups is 1. The van der Waals surface area contributed by atoms with E-state index in [0.717, 1.165) is 5.70 Å². The number of nitrogens with two attached hydrogens (primary N) is 1. The second kappa shape index (κ2) is 2.91. The summed E-state index contributed by atoms with van der Waals surface area (Å²) >= 11 is 0. The normalized spacial score (nSPS) is 18.9. The smallest absolute Gasteiger partial charge is 0.238 e. The van der Waals surface area contributed by atoms with Crippen molar-refractivity contribution < 1.29 is 4.79 Å². The molecule has 0 aromatic rings. The summed E-state index contributed by atoms with van der Waals surface area (Å²) in [6.07, 6.45) is 6.86. The predicted molar refractivity (Wildman–Crippen MR) is 46.6 cm³/mol. The Hall–Kier alpha value is -1.82. The first kappa shape index (κ1) is 7.81. The van der Waals surface area contributed by atoms with Crippen molar-refractivity contribution in [1.29, 1.82) is 0 Å². The Morgan fingerprint density at radius 1 is 1.69 bits per heavy atom. The Balaban J connectivity index is 2.07. The van der Waals surface area contributed by atoms with Gasteiger partial charge < -0.3 is 5.73 Å². The lowest BCUT2D eigenvalue weighted by atomic mass is 10.4. The van der Waals surface area contributed by atoms with Crippen LogP contribution in [0.25, 0.3) is 0 Å². The van der Waals surface area contributed by atoms with E-state index in [2.05, 4.69) is 10.5 Å². The van der Waals surface area contributed by atoms with Crippen LogP contribution in [0.5, 0.6) is 0 Å². The number of nitrogens with one attached hydrogen (secondary N) is 1. The van der Waals surface area contributed by atoms with Crippen LogP contribution in [-0.4, -0.2) is 28.7 Å². The third-order valence-corrected chi connectivity index (χ3v) is 1.64. The van der Waals surface area contributed by atoms with Gasteiger partial charge in [-0.2, -0.15) is 0 Å². The van der Waals surface area contributed by atoms with Crippen molar-refractivity contribution in [1.82, 2.24) is 15.6 Å². The zero-order valence-corrected chi connectivity index (χ0v) is 6.84. The highest BCUT2D eigenvalue weighted by atomic mass is 16.1. The summed E-state index contributed by atoms with van der Waals surface area (Å²) in [5.41, 5.74) is 8.84. The Morgan fingerprint density at radius 3 is 3.23 bits per heavy atom. The van der Waals surface area contributed by atoms with Gasteiger partial charge in [-0.15, -0.1) is 5.53 Å². The van der Waals surface area contributed by atoms with Crippen LogP contribution in [0.4, 0.5) is 0 Å². The van der Waals surface area contributed by atoms with Crippen LogP contribution in [0.3, 0.4) is 0 Å². The molecule has 0 atom stereocenters. The molecule has 0 aromatic carbocycles. The minimum atomic E-state index is -0.384. The topological polar surface area (TPSA) is 74.0 Å². The van der Waals surface area contributed by atoms with E-state index in [-0.39, 0.29) is 12.5 Å². The van der Waals surface area contributed by atoms with E-state index >= 15 is 0 Å². The summed E-state index contributed by atoms with van der Waals surface area (Å²) in [5, 5.41) is 3.34. The number of rotatable bonds is 2. The van der Waals surface area contributed by atoms with E-state index < -0.39 is 0 Å². The average molecular weight is 179 g/mol. The molecule has 0 aromatic heterocycles. The first-order valence-corrected chi connectivity index (χ1v) is 3.78. The van der Waals surface area contributed by atoms with Gasteiger partial charge in [0.15, 0.2) is 0 Å². The fourth-order valence-corrected chi connectivity index (χ4v) is 1.14. The molecule has 0 aliphatic carbocycles. The number of fused-ring (bicyclic) bond motifs is 1. The second-order valence-corrected chi connectivity index (χ2v) is 2.69. The van der Waals surface area contributed by atoms with Gasteiger partial charge in [-0.3, -0.25) is 19.8 Å². The van der Waals surface area contributed by atoms with Gasteiger partial charge in [0, 0.05) is 18.6 Å². The summed E-state index contributed by atoms with van der Waals surface area (Å²) in [4.78, 5) is 14.5. The van der Waals surface area contributed by atoms with Gasteiger partial charge in [0.1, 0.15) is 6.54 Å². The fraction of sp³-hybridized carbons (Fsp3) is 0.143. The van der Waals surface area contributed by atoms with E-state index in [1.807, 2.05) is 0 Å². The highest BCUT2D eigenvalue weighted by molar-refractivity contribution is 5.80. The molecule has 0 unspecified atom stereocenters. The molecule has 2 aliphatic rings. The lowest BCUT2D eigenvalue weighted by Crippen LogP contribution is -2.42. The number of hydrogen-bond donors (Lipinski definition) is 2. The van der Waals surface area contributed by atoms with E-state index in [4.69, 9.17) is 5.73 Å². The zero-order valence-electron chi connectivity index (χ0n) is 6.84. The van der Waals surface area contributed by atoms with Gasteiger partial charge in [-0.05, 0) is 0 Å². The van der Waals surface area contributed by atoms with E-state index in [1.165, 1.54) is 0 Å². The molecule has 68 valence electrons. The molecule has 2 aliphatic heterocycles. The lowest BCUT2D eigenvalue weighted by Gasteiger charge is -2.20. The molecule has 0 saturated heterocycles. The quantitative estimate of drug-likeness (QED) is 0.564. The van der Waals surface area contributed by atoms with Crippen LogP contribution < -0.4 is 11.3 Å². The minimum absolute atomic E-state index is 0.141. The van der Waals surface area contributed by atoms with E-state index in [0.29, 0.717) is 0 Å². The molecular formula is C7H9N5O. The molecule has 6 nitrogen and oxygen atoms in total. The van der Waals surface area contributed by atoms with Gasteiger partial charge in [0.25, 0.3) is 0 Å². The summed E-state index contributed by atoms with van der Waals surface area (Å²) in [6, 6.07) is 0. The number of amides is 1.